The van der Waals surface area contributed by atoms with E-state index in [1.54, 1.807) is 63.7 Å². The largest absolute Gasteiger partial charge is 0.444 e. The monoisotopic (exact) mass is 914 g/mol. The third-order valence-corrected chi connectivity index (χ3v) is 11.7. The molecular weight excluding hydrogens is 857 g/mol. The van der Waals surface area contributed by atoms with Gasteiger partial charge in [0.2, 0.25) is 0 Å². The van der Waals surface area contributed by atoms with Crippen molar-refractivity contribution < 1.29 is 28.7 Å². The standard InChI is InChI=1S/C54H58N8O6/c1-53(2,3)67-51(65)59-45(39-15-9-7-10-16-39)49(63)61-31-13-19-43(61)47-55-33-41(57-47)30-23-35-21-24-36(25-22-35)37-26-28-38(29-27-37)42-34-56-48(58-42)44-20-14-32-62(44)50(64)46(40-17-11-8-12-18-40)60-52(66)68-54(4,5)6/h7-12,15-18,21-22,24-29,33-34,43-46H,13-14,19-20,31-32H2,1-6H3,(H,55,57)(H,56,58)(H,59,65)(H,60,66). The maximum absolute atomic E-state index is 14.2. The summed E-state index contributed by atoms with van der Waals surface area (Å²) in [5.41, 5.74) is 5.24. The molecule has 14 nitrogen and oxygen atoms in total. The first kappa shape index (κ1) is 46.9. The first-order chi connectivity index (χ1) is 32.6. The number of carbonyl (C=O) groups excluding carboxylic acids is 4. The maximum atomic E-state index is 14.2. The highest BCUT2D eigenvalue weighted by atomic mass is 16.6. The Morgan fingerprint density at radius 2 is 1.03 bits per heavy atom. The Hall–Kier alpha value is -7.66. The zero-order valence-electron chi connectivity index (χ0n) is 39.3. The van der Waals surface area contributed by atoms with Crippen molar-refractivity contribution in [2.75, 3.05) is 13.1 Å². The van der Waals surface area contributed by atoms with Gasteiger partial charge in [-0.15, -0.1) is 0 Å². The summed E-state index contributed by atoms with van der Waals surface area (Å²) in [6, 6.07) is 32.3. The van der Waals surface area contributed by atoms with Crippen LogP contribution in [0.15, 0.2) is 122 Å². The second-order valence-electron chi connectivity index (χ2n) is 19.1. The van der Waals surface area contributed by atoms with Gasteiger partial charge in [0.25, 0.3) is 11.8 Å². The van der Waals surface area contributed by atoms with Gasteiger partial charge >= 0.3 is 12.2 Å². The number of ether oxygens (including phenoxy) is 2. The van der Waals surface area contributed by atoms with E-state index in [4.69, 9.17) is 14.5 Å². The molecule has 14 heteroatoms. The highest BCUT2D eigenvalue weighted by Gasteiger charge is 2.39. The normalized spacial score (nSPS) is 16.9. The second kappa shape index (κ2) is 20.1. The lowest BCUT2D eigenvalue weighted by atomic mass is 10.0. The number of hydrogen-bond donors (Lipinski definition) is 4. The van der Waals surface area contributed by atoms with Crippen LogP contribution >= 0.6 is 0 Å². The van der Waals surface area contributed by atoms with Crippen molar-refractivity contribution >= 4 is 24.0 Å². The smallest absolute Gasteiger partial charge is 0.408 e. The van der Waals surface area contributed by atoms with Crippen LogP contribution in [0.2, 0.25) is 0 Å². The minimum absolute atomic E-state index is 0.217. The average molecular weight is 915 g/mol. The van der Waals surface area contributed by atoms with Crippen LogP contribution in [0, 0.1) is 11.8 Å². The van der Waals surface area contributed by atoms with Crippen molar-refractivity contribution in [3.8, 4) is 34.2 Å². The van der Waals surface area contributed by atoms with E-state index < -0.39 is 35.5 Å². The second-order valence-corrected chi connectivity index (χ2v) is 19.1. The number of nitrogens with one attached hydrogen (secondary N) is 4. The van der Waals surface area contributed by atoms with Gasteiger partial charge in [0.15, 0.2) is 0 Å². The molecule has 0 aliphatic carbocycles. The number of benzene rings is 4. The first-order valence-electron chi connectivity index (χ1n) is 23.1. The molecule has 68 heavy (non-hydrogen) atoms. The van der Waals surface area contributed by atoms with E-state index in [-0.39, 0.29) is 23.9 Å². The van der Waals surface area contributed by atoms with Gasteiger partial charge in [-0.3, -0.25) is 9.59 Å². The van der Waals surface area contributed by atoms with Crippen molar-refractivity contribution in [2.45, 2.75) is 103 Å². The maximum Gasteiger partial charge on any atom is 0.408 e. The van der Waals surface area contributed by atoms with E-state index in [2.05, 4.69) is 49.6 Å². The average Bonchev–Trinajstić information content (AvgIpc) is 4.16. The number of alkyl carbamates (subject to hydrolysis) is 2. The Balaban J connectivity index is 0.899. The lowest BCUT2D eigenvalue weighted by Gasteiger charge is -2.29. The summed E-state index contributed by atoms with van der Waals surface area (Å²) in [5, 5.41) is 5.62. The molecule has 2 aliphatic heterocycles. The van der Waals surface area contributed by atoms with E-state index in [9.17, 15) is 19.2 Å². The molecule has 4 N–H and O–H groups in total. The number of imidazole rings is 2. The fraction of sp³-hybridized carbons (Fsp3) is 0.333. The summed E-state index contributed by atoms with van der Waals surface area (Å²) in [4.78, 5) is 73.7. The molecule has 0 bridgehead atoms. The number of H-pyrrole nitrogens is 2. The molecule has 4 unspecified atom stereocenters. The molecule has 2 aromatic heterocycles. The Kier molecular flexibility index (Phi) is 13.8. The SMILES string of the molecule is CC(C)(C)OC(=O)NC(C(=O)N1CCCC1c1ncc(C#Cc2ccc(-c3ccc(-c4cnc(C5CCCN5C(=O)C(NC(=O)OC(C)(C)C)c5ccccc5)[nH]4)cc3)cc2)[nH]1)c1ccccc1. The molecule has 8 rings (SSSR count). The molecule has 2 saturated heterocycles. The van der Waals surface area contributed by atoms with Gasteiger partial charge in [0.05, 0.1) is 30.2 Å². The lowest BCUT2D eigenvalue weighted by molar-refractivity contribution is -0.135. The Morgan fingerprint density at radius 1 is 0.588 bits per heavy atom. The number of nitrogens with zero attached hydrogens (tertiary/aromatic N) is 4. The number of aromatic amines is 2. The topological polar surface area (TPSA) is 175 Å². The summed E-state index contributed by atoms with van der Waals surface area (Å²) in [7, 11) is 0. The van der Waals surface area contributed by atoms with Crippen LogP contribution < -0.4 is 10.6 Å². The predicted molar refractivity (Wildman–Crippen MR) is 259 cm³/mol. The summed E-state index contributed by atoms with van der Waals surface area (Å²) in [6.45, 7) is 11.8. The van der Waals surface area contributed by atoms with Gasteiger partial charge in [-0.25, -0.2) is 19.6 Å². The van der Waals surface area contributed by atoms with Gasteiger partial charge in [-0.05, 0) is 113 Å². The van der Waals surface area contributed by atoms with E-state index in [0.717, 1.165) is 53.6 Å². The summed E-state index contributed by atoms with van der Waals surface area (Å²) in [6.07, 6.45) is 5.24. The number of amides is 4. The molecular formula is C54H58N8O6. The Labute approximate surface area is 397 Å². The molecule has 4 amide bonds. The number of hydrogen-bond acceptors (Lipinski definition) is 8. The summed E-state index contributed by atoms with van der Waals surface area (Å²) < 4.78 is 11.0. The van der Waals surface area contributed by atoms with Crippen LogP contribution in [0.3, 0.4) is 0 Å². The van der Waals surface area contributed by atoms with Crippen LogP contribution in [-0.4, -0.2) is 78.0 Å². The van der Waals surface area contributed by atoms with E-state index >= 15 is 0 Å². The van der Waals surface area contributed by atoms with E-state index in [0.29, 0.717) is 41.6 Å². The van der Waals surface area contributed by atoms with Gasteiger partial charge in [0, 0.05) is 18.7 Å². The van der Waals surface area contributed by atoms with Crippen molar-refractivity contribution in [1.82, 2.24) is 40.4 Å². The van der Waals surface area contributed by atoms with Crippen molar-refractivity contribution in [3.63, 3.8) is 0 Å². The third kappa shape index (κ3) is 11.5. The summed E-state index contributed by atoms with van der Waals surface area (Å²) >= 11 is 0. The molecule has 6 aromatic rings. The van der Waals surface area contributed by atoms with Crippen molar-refractivity contribution in [2.24, 2.45) is 0 Å². The van der Waals surface area contributed by atoms with E-state index in [1.807, 2.05) is 97.1 Å². The zero-order chi connectivity index (χ0) is 48.0. The van der Waals surface area contributed by atoms with Crippen LogP contribution in [0.5, 0.6) is 0 Å². The number of likely N-dealkylation sites (tertiary alicyclic amines) is 2. The van der Waals surface area contributed by atoms with Gasteiger partial charge in [-0.2, -0.15) is 0 Å². The molecule has 0 saturated carbocycles. The fourth-order valence-corrected chi connectivity index (χ4v) is 8.63. The van der Waals surface area contributed by atoms with Crippen molar-refractivity contribution in [3.05, 3.63) is 156 Å². The first-order valence-corrected chi connectivity index (χ1v) is 23.1. The van der Waals surface area contributed by atoms with Crippen LogP contribution in [0.25, 0.3) is 22.4 Å². The van der Waals surface area contributed by atoms with Crippen LogP contribution in [0.1, 0.15) is 125 Å². The third-order valence-electron chi connectivity index (χ3n) is 11.7. The van der Waals surface area contributed by atoms with Crippen molar-refractivity contribution in [1.29, 1.82) is 0 Å². The highest BCUT2D eigenvalue weighted by Crippen LogP contribution is 2.36. The number of carbonyl (C=O) groups is 4. The Bertz CT molecular complexity index is 2780. The van der Waals surface area contributed by atoms with Gasteiger partial charge in [-0.1, -0.05) is 103 Å². The molecule has 350 valence electrons. The number of aromatic nitrogens is 4. The van der Waals surface area contributed by atoms with Gasteiger partial charge in [0.1, 0.15) is 40.6 Å². The Morgan fingerprint density at radius 3 is 1.51 bits per heavy atom. The molecule has 4 atom stereocenters. The zero-order valence-corrected chi connectivity index (χ0v) is 39.3. The predicted octanol–water partition coefficient (Wildman–Crippen LogP) is 9.73. The molecule has 2 aliphatic rings. The highest BCUT2D eigenvalue weighted by molar-refractivity contribution is 5.88. The lowest BCUT2D eigenvalue weighted by Crippen LogP contribution is -2.44. The molecule has 0 radical (unpaired) electrons. The van der Waals surface area contributed by atoms with Gasteiger partial charge < -0.3 is 39.9 Å². The van der Waals surface area contributed by atoms with Crippen LogP contribution in [-0.2, 0) is 19.1 Å². The molecule has 4 heterocycles. The molecule has 2 fully saturated rings. The molecule has 4 aromatic carbocycles. The minimum atomic E-state index is -0.919. The number of rotatable bonds is 10. The molecule has 0 spiro atoms. The van der Waals surface area contributed by atoms with E-state index in [1.165, 1.54) is 0 Å². The fourth-order valence-electron chi connectivity index (χ4n) is 8.63. The minimum Gasteiger partial charge on any atom is -0.444 e. The van der Waals surface area contributed by atoms with Crippen LogP contribution in [0.4, 0.5) is 9.59 Å². The quantitative estimate of drug-likeness (QED) is 0.0983. The summed E-state index contributed by atoms with van der Waals surface area (Å²) in [5.74, 6) is 7.31.